The maximum atomic E-state index is 10.00. The maximum Gasteiger partial charge on any atom is 0.0961 e. The van der Waals surface area contributed by atoms with Gasteiger partial charge in [-0.25, -0.2) is 0 Å². The molecular formula is C11H11BrN2O. The molecule has 78 valence electrons. The molecule has 0 saturated heterocycles. The van der Waals surface area contributed by atoms with E-state index in [2.05, 4.69) is 22.0 Å². The summed E-state index contributed by atoms with van der Waals surface area (Å²) < 4.78 is 0.796. The summed E-state index contributed by atoms with van der Waals surface area (Å²) in [5, 5.41) is 18.9. The van der Waals surface area contributed by atoms with Gasteiger partial charge in [0.25, 0.3) is 0 Å². The second-order valence-electron chi connectivity index (χ2n) is 3.79. The first-order valence-corrected chi connectivity index (χ1v) is 5.58. The number of hydrogen-bond acceptors (Lipinski definition) is 3. The van der Waals surface area contributed by atoms with Gasteiger partial charge in [0.1, 0.15) is 0 Å². The van der Waals surface area contributed by atoms with E-state index >= 15 is 0 Å². The maximum absolute atomic E-state index is 10.00. The summed E-state index contributed by atoms with van der Waals surface area (Å²) in [5.41, 5.74) is 8.27. The largest absolute Gasteiger partial charge is 0.399 e. The van der Waals surface area contributed by atoms with E-state index in [1.807, 2.05) is 6.07 Å². The number of benzene rings is 1. The van der Waals surface area contributed by atoms with E-state index in [4.69, 9.17) is 11.0 Å². The van der Waals surface area contributed by atoms with Gasteiger partial charge in [-0.1, -0.05) is 15.9 Å². The van der Waals surface area contributed by atoms with Crippen molar-refractivity contribution in [3.63, 3.8) is 0 Å². The number of aryl methyl sites for hydroxylation is 1. The lowest BCUT2D eigenvalue weighted by molar-refractivity contribution is 0.121. The van der Waals surface area contributed by atoms with Gasteiger partial charge in [-0.2, -0.15) is 5.26 Å². The van der Waals surface area contributed by atoms with Crippen LogP contribution >= 0.6 is 15.9 Å². The third kappa shape index (κ3) is 1.73. The number of halogens is 1. The zero-order valence-corrected chi connectivity index (χ0v) is 9.66. The van der Waals surface area contributed by atoms with E-state index in [9.17, 15) is 5.11 Å². The fourth-order valence-corrected chi connectivity index (χ4v) is 2.79. The standard InChI is InChI=1S/C11H11BrN2O/c12-9-4-8(14)3-6-1-2-7(5-13)11(15)10(6)9/h3-4,7,11,15H,1-2,14H2. The van der Waals surface area contributed by atoms with E-state index in [0.717, 1.165) is 22.0 Å². The van der Waals surface area contributed by atoms with Crippen molar-refractivity contribution in [3.05, 3.63) is 27.7 Å². The lowest BCUT2D eigenvalue weighted by Gasteiger charge is -2.27. The Bertz CT molecular complexity index is 439. The van der Waals surface area contributed by atoms with Crippen LogP contribution < -0.4 is 5.73 Å². The summed E-state index contributed by atoms with van der Waals surface area (Å²) in [4.78, 5) is 0. The van der Waals surface area contributed by atoms with Crippen molar-refractivity contribution in [2.24, 2.45) is 5.92 Å². The summed E-state index contributed by atoms with van der Waals surface area (Å²) in [5.74, 6) is -0.308. The zero-order chi connectivity index (χ0) is 11.0. The smallest absolute Gasteiger partial charge is 0.0961 e. The average molecular weight is 267 g/mol. The summed E-state index contributed by atoms with van der Waals surface area (Å²) in [6.45, 7) is 0. The Hall–Kier alpha value is -1.05. The van der Waals surface area contributed by atoms with Crippen molar-refractivity contribution in [2.75, 3.05) is 5.73 Å². The van der Waals surface area contributed by atoms with Gasteiger partial charge in [0.15, 0.2) is 0 Å². The number of nitrogens with zero attached hydrogens (tertiary/aromatic N) is 1. The summed E-state index contributed by atoms with van der Waals surface area (Å²) in [6, 6.07) is 5.77. The summed E-state index contributed by atoms with van der Waals surface area (Å²) in [7, 11) is 0. The number of rotatable bonds is 0. The minimum Gasteiger partial charge on any atom is -0.399 e. The van der Waals surface area contributed by atoms with Crippen LogP contribution in [0.2, 0.25) is 0 Å². The molecule has 1 aliphatic carbocycles. The lowest BCUT2D eigenvalue weighted by Crippen LogP contribution is -2.20. The first-order chi connectivity index (χ1) is 7.13. The van der Waals surface area contributed by atoms with Gasteiger partial charge >= 0.3 is 0 Å². The molecule has 2 atom stereocenters. The first-order valence-electron chi connectivity index (χ1n) is 4.79. The Morgan fingerprint density at radius 2 is 2.27 bits per heavy atom. The van der Waals surface area contributed by atoms with Crippen molar-refractivity contribution >= 4 is 21.6 Å². The number of anilines is 1. The molecule has 0 aromatic heterocycles. The highest BCUT2D eigenvalue weighted by molar-refractivity contribution is 9.10. The van der Waals surface area contributed by atoms with Gasteiger partial charge in [-0.05, 0) is 36.1 Å². The molecule has 1 aromatic rings. The van der Waals surface area contributed by atoms with Gasteiger partial charge in [0.05, 0.1) is 18.1 Å². The number of fused-ring (bicyclic) bond motifs is 1. The van der Waals surface area contributed by atoms with Crippen LogP contribution in [0.15, 0.2) is 16.6 Å². The van der Waals surface area contributed by atoms with Crippen LogP contribution in [0.25, 0.3) is 0 Å². The molecule has 4 heteroatoms. The number of aliphatic hydroxyl groups excluding tert-OH is 1. The molecule has 0 aliphatic heterocycles. The van der Waals surface area contributed by atoms with Crippen molar-refractivity contribution in [2.45, 2.75) is 18.9 Å². The van der Waals surface area contributed by atoms with Crippen molar-refractivity contribution < 1.29 is 5.11 Å². The zero-order valence-electron chi connectivity index (χ0n) is 8.07. The molecule has 1 aliphatic rings. The molecule has 3 N–H and O–H groups in total. The van der Waals surface area contributed by atoms with Crippen LogP contribution in [0, 0.1) is 17.2 Å². The predicted octanol–water partition coefficient (Wildman–Crippen LogP) is 2.15. The fourth-order valence-electron chi connectivity index (χ4n) is 2.04. The van der Waals surface area contributed by atoms with Gasteiger partial charge in [0.2, 0.25) is 0 Å². The van der Waals surface area contributed by atoms with E-state index in [-0.39, 0.29) is 5.92 Å². The highest BCUT2D eigenvalue weighted by Gasteiger charge is 2.29. The van der Waals surface area contributed by atoms with Crippen LogP contribution in [-0.4, -0.2) is 5.11 Å². The van der Waals surface area contributed by atoms with E-state index in [1.54, 1.807) is 6.07 Å². The monoisotopic (exact) mass is 266 g/mol. The van der Waals surface area contributed by atoms with E-state index < -0.39 is 6.10 Å². The average Bonchev–Trinajstić information content (AvgIpc) is 2.17. The Balaban J connectivity index is 2.52. The minimum absolute atomic E-state index is 0.308. The molecule has 0 heterocycles. The van der Waals surface area contributed by atoms with Crippen molar-refractivity contribution in [1.82, 2.24) is 0 Å². The molecule has 3 nitrogen and oxygen atoms in total. The summed E-state index contributed by atoms with van der Waals surface area (Å²) >= 11 is 3.38. The Kier molecular flexibility index (Phi) is 2.68. The van der Waals surface area contributed by atoms with Crippen LogP contribution in [0.5, 0.6) is 0 Å². The molecule has 2 unspecified atom stereocenters. The molecule has 1 aromatic carbocycles. The molecular weight excluding hydrogens is 256 g/mol. The first kappa shape index (κ1) is 10.5. The quantitative estimate of drug-likeness (QED) is 0.707. The normalized spacial score (nSPS) is 24.3. The number of hydrogen-bond donors (Lipinski definition) is 2. The predicted molar refractivity (Wildman–Crippen MR) is 60.9 cm³/mol. The number of nitrogens with two attached hydrogens (primary N) is 1. The van der Waals surface area contributed by atoms with Crippen molar-refractivity contribution in [1.29, 1.82) is 5.26 Å². The topological polar surface area (TPSA) is 70.0 Å². The molecule has 0 spiro atoms. The molecule has 15 heavy (non-hydrogen) atoms. The minimum atomic E-state index is -0.700. The van der Waals surface area contributed by atoms with Crippen LogP contribution in [0.3, 0.4) is 0 Å². The van der Waals surface area contributed by atoms with Gasteiger partial charge in [-0.3, -0.25) is 0 Å². The highest BCUT2D eigenvalue weighted by atomic mass is 79.9. The van der Waals surface area contributed by atoms with Gasteiger partial charge in [0, 0.05) is 10.2 Å². The number of nitriles is 1. The Morgan fingerprint density at radius 1 is 1.53 bits per heavy atom. The molecule has 0 radical (unpaired) electrons. The third-order valence-electron chi connectivity index (χ3n) is 2.80. The van der Waals surface area contributed by atoms with E-state index in [0.29, 0.717) is 12.1 Å². The molecule has 0 saturated carbocycles. The molecule has 0 fully saturated rings. The lowest BCUT2D eigenvalue weighted by atomic mass is 9.82. The molecule has 0 amide bonds. The van der Waals surface area contributed by atoms with Crippen LogP contribution in [0.4, 0.5) is 5.69 Å². The molecule has 2 rings (SSSR count). The Labute approximate surface area is 96.6 Å². The van der Waals surface area contributed by atoms with Gasteiger partial charge in [-0.15, -0.1) is 0 Å². The van der Waals surface area contributed by atoms with Gasteiger partial charge < -0.3 is 10.8 Å². The second-order valence-corrected chi connectivity index (χ2v) is 4.65. The fraction of sp³-hybridized carbons (Fsp3) is 0.364. The van der Waals surface area contributed by atoms with Crippen molar-refractivity contribution in [3.8, 4) is 6.07 Å². The van der Waals surface area contributed by atoms with Crippen LogP contribution in [-0.2, 0) is 6.42 Å². The molecule has 0 bridgehead atoms. The third-order valence-corrected chi connectivity index (χ3v) is 3.46. The highest BCUT2D eigenvalue weighted by Crippen LogP contribution is 2.39. The van der Waals surface area contributed by atoms with Crippen LogP contribution in [0.1, 0.15) is 23.7 Å². The summed E-state index contributed by atoms with van der Waals surface area (Å²) in [6.07, 6.45) is 0.795. The number of nitrogen functional groups attached to an aromatic ring is 1. The number of aliphatic hydroxyl groups is 1. The Morgan fingerprint density at radius 3 is 2.93 bits per heavy atom. The SMILES string of the molecule is N#CC1CCc2cc(N)cc(Br)c2C1O. The second kappa shape index (κ2) is 3.84. The van der Waals surface area contributed by atoms with E-state index in [1.165, 1.54) is 0 Å².